The maximum Gasteiger partial charge on any atom is 0.254 e. The van der Waals surface area contributed by atoms with Gasteiger partial charge in [0, 0.05) is 30.2 Å². The fourth-order valence-electron chi connectivity index (χ4n) is 1.91. The molecule has 2 amide bonds. The second kappa shape index (κ2) is 8.14. The largest absolute Gasteiger partial charge is 0.366 e. The van der Waals surface area contributed by atoms with E-state index in [0.717, 1.165) is 5.03 Å². The van der Waals surface area contributed by atoms with Crippen LogP contribution in [0.3, 0.4) is 0 Å². The van der Waals surface area contributed by atoms with E-state index in [0.29, 0.717) is 17.9 Å². The molecule has 1 fully saturated rings. The van der Waals surface area contributed by atoms with Crippen LogP contribution in [0.1, 0.15) is 39.5 Å². The first-order valence-electron chi connectivity index (χ1n) is 7.35. The quantitative estimate of drug-likeness (QED) is 0.436. The minimum atomic E-state index is -1.17. The van der Waals surface area contributed by atoms with E-state index in [1.165, 1.54) is 0 Å². The highest BCUT2D eigenvalue weighted by Gasteiger charge is 2.32. The van der Waals surface area contributed by atoms with Crippen LogP contribution in [-0.4, -0.2) is 38.0 Å². The predicted molar refractivity (Wildman–Crippen MR) is 89.2 cm³/mol. The molecule has 1 aromatic rings. The van der Waals surface area contributed by atoms with Crippen LogP contribution < -0.4 is 0 Å². The fraction of sp³-hybridized carbons (Fsp3) is 0.533. The third-order valence-electron chi connectivity index (χ3n) is 3.22. The van der Waals surface area contributed by atoms with Gasteiger partial charge in [-0.1, -0.05) is 16.9 Å². The molecule has 1 aromatic heterocycles. The Kier molecular flexibility index (Phi) is 6.46. The molecule has 2 heterocycles. The lowest BCUT2D eigenvalue weighted by atomic mass is 10.1. The van der Waals surface area contributed by atoms with Crippen LogP contribution in [0, 0.1) is 0 Å². The van der Waals surface area contributed by atoms with E-state index >= 15 is 0 Å². The Morgan fingerprint density at radius 2 is 2.04 bits per heavy atom. The van der Waals surface area contributed by atoms with E-state index in [4.69, 9.17) is 4.84 Å². The Bertz CT molecular complexity index is 538. The van der Waals surface area contributed by atoms with E-state index < -0.39 is 18.1 Å². The average Bonchev–Trinajstić information content (AvgIpc) is 2.84. The van der Waals surface area contributed by atoms with Gasteiger partial charge in [0.05, 0.1) is 0 Å². The number of amides is 2. The molecule has 6 nitrogen and oxygen atoms in total. The average molecular weight is 356 g/mol. The summed E-state index contributed by atoms with van der Waals surface area (Å²) in [5.41, 5.74) is 0. The lowest BCUT2D eigenvalue weighted by Crippen LogP contribution is -2.34. The molecule has 0 radical (unpaired) electrons. The normalized spacial score (nSPS) is 16.9. The van der Waals surface area contributed by atoms with Gasteiger partial charge in [0.2, 0.25) is 0 Å². The molecule has 0 bridgehead atoms. The van der Waals surface area contributed by atoms with Gasteiger partial charge in [0.25, 0.3) is 11.8 Å². The van der Waals surface area contributed by atoms with Crippen molar-refractivity contribution < 1.29 is 19.5 Å². The molecule has 8 heteroatoms. The van der Waals surface area contributed by atoms with Crippen LogP contribution >= 0.6 is 21.6 Å². The first-order valence-corrected chi connectivity index (χ1v) is 9.50. The highest BCUT2D eigenvalue weighted by atomic mass is 33.1. The van der Waals surface area contributed by atoms with Crippen LogP contribution in [-0.2, 0) is 14.4 Å². The SMILES string of the molecule is CC(C)(CCC(O)ON1C(=O)CCC1=O)SSc1ccccn1. The number of rotatable bonds is 8. The number of hydroxylamine groups is 2. The number of aliphatic hydroxyl groups is 1. The number of carbonyl (C=O) groups is 2. The van der Waals surface area contributed by atoms with E-state index in [1.807, 2.05) is 18.2 Å². The molecule has 1 saturated heterocycles. The second-order valence-corrected chi connectivity index (χ2v) is 8.63. The summed E-state index contributed by atoms with van der Waals surface area (Å²) < 4.78 is -0.119. The zero-order valence-electron chi connectivity index (χ0n) is 13.1. The molecule has 0 aromatic carbocycles. The lowest BCUT2D eigenvalue weighted by molar-refractivity contribution is -0.246. The predicted octanol–water partition coefficient (Wildman–Crippen LogP) is 2.78. The third-order valence-corrected chi connectivity index (χ3v) is 6.48. The minimum Gasteiger partial charge on any atom is -0.366 e. The molecule has 0 aliphatic carbocycles. The first-order chi connectivity index (χ1) is 10.9. The summed E-state index contributed by atoms with van der Waals surface area (Å²) in [6.45, 7) is 4.12. The number of carbonyl (C=O) groups excluding carboxylic acids is 2. The van der Waals surface area contributed by atoms with Crippen molar-refractivity contribution >= 4 is 33.4 Å². The molecule has 0 spiro atoms. The standard InChI is InChI=1S/C15H20N2O4S2/c1-15(2,23-22-11-5-3-4-10-16-11)9-8-14(20)21-17-12(18)6-7-13(17)19/h3-5,10,14,20H,6-9H2,1-2H3. The molecular formula is C15H20N2O4S2. The number of hydrogen-bond acceptors (Lipinski definition) is 7. The Morgan fingerprint density at radius 3 is 2.65 bits per heavy atom. The van der Waals surface area contributed by atoms with Gasteiger partial charge < -0.3 is 5.11 Å². The zero-order chi connectivity index (χ0) is 16.9. The molecule has 1 aliphatic heterocycles. The maximum absolute atomic E-state index is 11.4. The summed E-state index contributed by atoms with van der Waals surface area (Å²) >= 11 is 0. The Morgan fingerprint density at radius 1 is 1.35 bits per heavy atom. The Hall–Kier alpha value is -1.09. The van der Waals surface area contributed by atoms with Crippen molar-refractivity contribution in [2.24, 2.45) is 0 Å². The van der Waals surface area contributed by atoms with Crippen LogP contribution in [0.2, 0.25) is 0 Å². The zero-order valence-corrected chi connectivity index (χ0v) is 14.7. The summed E-state index contributed by atoms with van der Waals surface area (Å²) in [6, 6.07) is 5.75. The van der Waals surface area contributed by atoms with Crippen molar-refractivity contribution in [1.82, 2.24) is 10.0 Å². The number of imide groups is 1. The number of aliphatic hydroxyl groups excluding tert-OH is 1. The van der Waals surface area contributed by atoms with Crippen molar-refractivity contribution in [3.05, 3.63) is 24.4 Å². The summed E-state index contributed by atoms with van der Waals surface area (Å²) in [4.78, 5) is 32.2. The number of pyridine rings is 1. The van der Waals surface area contributed by atoms with E-state index in [9.17, 15) is 14.7 Å². The minimum absolute atomic E-state index is 0.119. The highest BCUT2D eigenvalue weighted by molar-refractivity contribution is 8.77. The highest BCUT2D eigenvalue weighted by Crippen LogP contribution is 2.42. The molecule has 1 unspecified atom stereocenters. The number of hydrogen-bond donors (Lipinski definition) is 1. The van der Waals surface area contributed by atoms with Gasteiger partial charge in [-0.25, -0.2) is 9.82 Å². The van der Waals surface area contributed by atoms with Crippen molar-refractivity contribution in [3.63, 3.8) is 0 Å². The van der Waals surface area contributed by atoms with Gasteiger partial charge in [-0.05, 0) is 43.2 Å². The molecule has 1 N–H and O–H groups in total. The summed E-state index contributed by atoms with van der Waals surface area (Å²) in [6.07, 6.45) is 1.87. The van der Waals surface area contributed by atoms with Gasteiger partial charge in [0.15, 0.2) is 6.29 Å². The monoisotopic (exact) mass is 356 g/mol. The van der Waals surface area contributed by atoms with E-state index in [2.05, 4.69) is 18.8 Å². The smallest absolute Gasteiger partial charge is 0.254 e. The molecule has 23 heavy (non-hydrogen) atoms. The van der Waals surface area contributed by atoms with Crippen molar-refractivity contribution in [2.45, 2.75) is 55.6 Å². The van der Waals surface area contributed by atoms with E-state index in [-0.39, 0.29) is 17.6 Å². The molecule has 2 rings (SSSR count). The molecule has 1 aliphatic rings. The van der Waals surface area contributed by atoms with Crippen molar-refractivity contribution in [1.29, 1.82) is 0 Å². The van der Waals surface area contributed by atoms with Gasteiger partial charge >= 0.3 is 0 Å². The second-order valence-electron chi connectivity index (χ2n) is 5.77. The van der Waals surface area contributed by atoms with Crippen LogP contribution in [0.15, 0.2) is 29.4 Å². The first kappa shape index (κ1) is 18.3. The summed E-state index contributed by atoms with van der Waals surface area (Å²) in [5, 5.41) is 11.5. The van der Waals surface area contributed by atoms with Crippen molar-refractivity contribution in [3.8, 4) is 0 Å². The van der Waals surface area contributed by atoms with Gasteiger partial charge in [-0.3, -0.25) is 9.59 Å². The number of nitrogens with zero attached hydrogens (tertiary/aromatic N) is 2. The summed E-state index contributed by atoms with van der Waals surface area (Å²) in [5.74, 6) is -0.790. The summed E-state index contributed by atoms with van der Waals surface area (Å²) in [7, 11) is 3.23. The van der Waals surface area contributed by atoms with E-state index in [1.54, 1.807) is 27.8 Å². The Labute approximate surface area is 143 Å². The molecule has 0 saturated carbocycles. The van der Waals surface area contributed by atoms with Crippen LogP contribution in [0.4, 0.5) is 0 Å². The lowest BCUT2D eigenvalue weighted by Gasteiger charge is -2.25. The fourth-order valence-corrected chi connectivity index (χ4v) is 4.14. The topological polar surface area (TPSA) is 79.7 Å². The van der Waals surface area contributed by atoms with Gasteiger partial charge in [-0.15, -0.1) is 0 Å². The Balaban J connectivity index is 1.74. The van der Waals surface area contributed by atoms with Crippen molar-refractivity contribution in [2.75, 3.05) is 0 Å². The maximum atomic E-state index is 11.4. The van der Waals surface area contributed by atoms with Crippen LogP contribution in [0.5, 0.6) is 0 Å². The molecular weight excluding hydrogens is 336 g/mol. The number of aromatic nitrogens is 1. The molecule has 1 atom stereocenters. The van der Waals surface area contributed by atoms with Gasteiger partial charge in [0.1, 0.15) is 5.03 Å². The van der Waals surface area contributed by atoms with Crippen LogP contribution in [0.25, 0.3) is 0 Å². The molecule has 126 valence electrons. The van der Waals surface area contributed by atoms with Gasteiger partial charge in [-0.2, -0.15) is 5.06 Å². The third kappa shape index (κ3) is 5.80.